The van der Waals surface area contributed by atoms with Gasteiger partial charge in [-0.25, -0.2) is 0 Å². The Morgan fingerprint density at radius 2 is 1.76 bits per heavy atom. The van der Waals surface area contributed by atoms with Crippen LogP contribution in [-0.2, 0) is 16.0 Å². The SMILES string of the molecule is CN(C(=O)CCc1ccccc1)[C@H]1CC[C@@]2(CCO)C[C@H](c3ccccc3)C[C@](C)(O2)[C@@H]1O. The summed E-state index contributed by atoms with van der Waals surface area (Å²) in [5.74, 6) is 0.280. The van der Waals surface area contributed by atoms with Crippen LogP contribution in [0.2, 0.25) is 0 Å². The lowest BCUT2D eigenvalue weighted by molar-refractivity contribution is -0.226. The van der Waals surface area contributed by atoms with Crippen LogP contribution in [0.15, 0.2) is 60.7 Å². The molecule has 2 saturated heterocycles. The topological polar surface area (TPSA) is 70.0 Å². The number of hydrogen-bond acceptors (Lipinski definition) is 4. The molecule has 2 aromatic rings. The lowest BCUT2D eigenvalue weighted by atomic mass is 9.73. The molecular weight excluding hydrogens is 414 g/mol. The van der Waals surface area contributed by atoms with Gasteiger partial charge < -0.3 is 19.8 Å². The highest BCUT2D eigenvalue weighted by Crippen LogP contribution is 2.51. The van der Waals surface area contributed by atoms with E-state index in [0.717, 1.165) is 12.0 Å². The van der Waals surface area contributed by atoms with E-state index in [4.69, 9.17) is 4.74 Å². The molecule has 5 heteroatoms. The number of ether oxygens (including phenoxy) is 1. The monoisotopic (exact) mass is 451 g/mol. The summed E-state index contributed by atoms with van der Waals surface area (Å²) >= 11 is 0. The lowest BCUT2D eigenvalue weighted by Crippen LogP contribution is -2.58. The van der Waals surface area contributed by atoms with Crippen molar-refractivity contribution in [2.75, 3.05) is 13.7 Å². The third-order valence-corrected chi connectivity index (χ3v) is 7.81. The van der Waals surface area contributed by atoms with Crippen LogP contribution in [0, 0.1) is 0 Å². The molecule has 0 saturated carbocycles. The van der Waals surface area contributed by atoms with Crippen molar-refractivity contribution in [1.29, 1.82) is 0 Å². The van der Waals surface area contributed by atoms with Gasteiger partial charge in [0.25, 0.3) is 0 Å². The molecule has 0 aliphatic carbocycles. The van der Waals surface area contributed by atoms with E-state index < -0.39 is 17.3 Å². The fraction of sp³-hybridized carbons (Fsp3) is 0.536. The van der Waals surface area contributed by atoms with Crippen molar-refractivity contribution in [2.24, 2.45) is 0 Å². The van der Waals surface area contributed by atoms with Gasteiger partial charge in [0, 0.05) is 20.1 Å². The van der Waals surface area contributed by atoms with Gasteiger partial charge in [-0.1, -0.05) is 60.7 Å². The molecule has 0 aromatic heterocycles. The van der Waals surface area contributed by atoms with Gasteiger partial charge in [0.15, 0.2) is 0 Å². The van der Waals surface area contributed by atoms with Crippen LogP contribution >= 0.6 is 0 Å². The fourth-order valence-electron chi connectivity index (χ4n) is 6.00. The van der Waals surface area contributed by atoms with Crippen molar-refractivity contribution in [3.05, 3.63) is 71.8 Å². The molecule has 2 aromatic carbocycles. The predicted molar refractivity (Wildman–Crippen MR) is 129 cm³/mol. The summed E-state index contributed by atoms with van der Waals surface area (Å²) in [6, 6.07) is 20.1. The number of rotatable bonds is 7. The maximum absolute atomic E-state index is 13.1. The van der Waals surface area contributed by atoms with Crippen molar-refractivity contribution in [3.63, 3.8) is 0 Å². The van der Waals surface area contributed by atoms with Crippen molar-refractivity contribution in [3.8, 4) is 0 Å². The third-order valence-electron chi connectivity index (χ3n) is 7.81. The fourth-order valence-corrected chi connectivity index (χ4v) is 6.00. The molecule has 2 aliphatic heterocycles. The lowest BCUT2D eigenvalue weighted by Gasteiger charge is -2.50. The third kappa shape index (κ3) is 5.16. The van der Waals surface area contributed by atoms with E-state index in [-0.39, 0.29) is 24.5 Å². The number of likely N-dealkylation sites (N-methyl/N-ethyl adjacent to an activating group) is 1. The molecule has 2 N–H and O–H groups in total. The maximum atomic E-state index is 13.1. The molecule has 0 spiro atoms. The maximum Gasteiger partial charge on any atom is 0.222 e. The molecule has 5 atom stereocenters. The highest BCUT2D eigenvalue weighted by Gasteiger charge is 2.55. The minimum absolute atomic E-state index is 0.0405. The summed E-state index contributed by atoms with van der Waals surface area (Å²) in [6.45, 7) is 2.03. The molecule has 178 valence electrons. The smallest absolute Gasteiger partial charge is 0.222 e. The van der Waals surface area contributed by atoms with Gasteiger partial charge in [-0.05, 0) is 62.5 Å². The first-order valence-corrected chi connectivity index (χ1v) is 12.2. The van der Waals surface area contributed by atoms with E-state index in [9.17, 15) is 15.0 Å². The van der Waals surface area contributed by atoms with Gasteiger partial charge in [0.05, 0.1) is 17.2 Å². The number of hydrogen-bond donors (Lipinski definition) is 2. The quantitative estimate of drug-likeness (QED) is 0.666. The Labute approximate surface area is 197 Å². The molecule has 1 amide bonds. The van der Waals surface area contributed by atoms with E-state index >= 15 is 0 Å². The number of fused-ring (bicyclic) bond motifs is 2. The predicted octanol–water partition coefficient (Wildman–Crippen LogP) is 4.08. The second kappa shape index (κ2) is 9.96. The number of benzene rings is 2. The highest BCUT2D eigenvalue weighted by atomic mass is 16.5. The van der Waals surface area contributed by atoms with E-state index in [0.29, 0.717) is 38.5 Å². The average Bonchev–Trinajstić information content (AvgIpc) is 2.90. The van der Waals surface area contributed by atoms with Gasteiger partial charge in [-0.3, -0.25) is 4.79 Å². The van der Waals surface area contributed by atoms with Crippen LogP contribution in [0.25, 0.3) is 0 Å². The molecule has 2 bridgehead atoms. The number of aliphatic hydroxyl groups is 2. The zero-order chi connectivity index (χ0) is 23.5. The van der Waals surface area contributed by atoms with Crippen LogP contribution in [0.5, 0.6) is 0 Å². The van der Waals surface area contributed by atoms with E-state index in [2.05, 4.69) is 12.1 Å². The standard InChI is InChI=1S/C28H37NO4/c1-27-19-23(22-11-7-4-8-12-22)20-28(33-27,17-18-30)16-15-24(26(27)32)29(2)25(31)14-13-21-9-5-3-6-10-21/h3-12,23-24,26,30,32H,13-20H2,1-2H3/t23-,24+,26-,27+,28-/m1/s1. The summed E-state index contributed by atoms with van der Waals surface area (Å²) in [7, 11) is 1.81. The first-order valence-electron chi connectivity index (χ1n) is 12.2. The van der Waals surface area contributed by atoms with Gasteiger partial charge in [-0.15, -0.1) is 0 Å². The normalized spacial score (nSPS) is 31.6. The van der Waals surface area contributed by atoms with Gasteiger partial charge in [0.2, 0.25) is 5.91 Å². The number of aliphatic hydroxyl groups excluding tert-OH is 2. The minimum Gasteiger partial charge on any atom is -0.396 e. The Bertz CT molecular complexity index is 920. The summed E-state index contributed by atoms with van der Waals surface area (Å²) in [5.41, 5.74) is 1.10. The van der Waals surface area contributed by atoms with E-state index in [1.807, 2.05) is 62.5 Å². The zero-order valence-corrected chi connectivity index (χ0v) is 19.8. The molecule has 33 heavy (non-hydrogen) atoms. The second-order valence-corrected chi connectivity index (χ2v) is 10.1. The highest BCUT2D eigenvalue weighted by molar-refractivity contribution is 5.76. The van der Waals surface area contributed by atoms with E-state index in [1.54, 1.807) is 4.90 Å². The van der Waals surface area contributed by atoms with Gasteiger partial charge in [0.1, 0.15) is 6.10 Å². The Morgan fingerprint density at radius 1 is 1.09 bits per heavy atom. The largest absolute Gasteiger partial charge is 0.396 e. The molecule has 4 rings (SSSR count). The molecule has 5 nitrogen and oxygen atoms in total. The van der Waals surface area contributed by atoms with Crippen LogP contribution in [0.1, 0.15) is 62.5 Å². The Hall–Kier alpha value is -2.21. The van der Waals surface area contributed by atoms with Gasteiger partial charge >= 0.3 is 0 Å². The Kier molecular flexibility index (Phi) is 7.22. The molecule has 2 fully saturated rings. The first kappa shape index (κ1) is 23.9. The number of carbonyl (C=O) groups is 1. The van der Waals surface area contributed by atoms with Crippen molar-refractivity contribution >= 4 is 5.91 Å². The molecule has 0 radical (unpaired) electrons. The summed E-state index contributed by atoms with van der Waals surface area (Å²) in [6.07, 6.45) is 3.72. The Balaban J connectivity index is 1.54. The number of amides is 1. The zero-order valence-electron chi connectivity index (χ0n) is 19.8. The molecular formula is C28H37NO4. The summed E-state index contributed by atoms with van der Waals surface area (Å²) in [4.78, 5) is 14.8. The molecule has 2 heterocycles. The summed E-state index contributed by atoms with van der Waals surface area (Å²) < 4.78 is 6.67. The minimum atomic E-state index is -0.796. The van der Waals surface area contributed by atoms with Crippen LogP contribution in [0.4, 0.5) is 0 Å². The van der Waals surface area contributed by atoms with Crippen molar-refractivity contribution in [2.45, 2.75) is 81.1 Å². The molecule has 2 aliphatic rings. The number of aryl methyl sites for hydroxylation is 1. The molecule has 0 unspecified atom stereocenters. The number of carbonyl (C=O) groups excluding carboxylic acids is 1. The van der Waals surface area contributed by atoms with Crippen molar-refractivity contribution < 1.29 is 19.7 Å². The second-order valence-electron chi connectivity index (χ2n) is 10.1. The average molecular weight is 452 g/mol. The van der Waals surface area contributed by atoms with Crippen molar-refractivity contribution in [1.82, 2.24) is 4.90 Å². The Morgan fingerprint density at radius 3 is 2.42 bits per heavy atom. The summed E-state index contributed by atoms with van der Waals surface area (Å²) in [5, 5.41) is 21.4. The van der Waals surface area contributed by atoms with Crippen LogP contribution < -0.4 is 0 Å². The van der Waals surface area contributed by atoms with Crippen LogP contribution in [-0.4, -0.2) is 58.0 Å². The number of nitrogens with zero attached hydrogens (tertiary/aromatic N) is 1. The van der Waals surface area contributed by atoms with E-state index in [1.165, 1.54) is 5.56 Å². The van der Waals surface area contributed by atoms with Crippen LogP contribution in [0.3, 0.4) is 0 Å². The van der Waals surface area contributed by atoms with Gasteiger partial charge in [-0.2, -0.15) is 0 Å². The first-order chi connectivity index (χ1) is 15.9.